The van der Waals surface area contributed by atoms with Gasteiger partial charge in [-0.25, -0.2) is 4.98 Å². The van der Waals surface area contributed by atoms with Gasteiger partial charge in [-0.05, 0) is 13.8 Å². The first-order chi connectivity index (χ1) is 6.68. The van der Waals surface area contributed by atoms with E-state index >= 15 is 0 Å². The van der Waals surface area contributed by atoms with E-state index in [-0.39, 0.29) is 0 Å². The number of aryl methyl sites for hydroxylation is 1. The molecule has 2 aromatic heterocycles. The molecule has 0 bridgehead atoms. The average Bonchev–Trinajstić information content (AvgIpc) is 2.66. The summed E-state index contributed by atoms with van der Waals surface area (Å²) >= 11 is 5.14. The quantitative estimate of drug-likeness (QED) is 0.703. The summed E-state index contributed by atoms with van der Waals surface area (Å²) in [5.74, 6) is 0.756. The summed E-state index contributed by atoms with van der Waals surface area (Å²) in [6.45, 7) is 3.94. The molecule has 0 aliphatic carbocycles. The first-order valence-corrected chi connectivity index (χ1v) is 4.66. The Morgan fingerprint density at radius 1 is 1.36 bits per heavy atom. The number of H-pyrrole nitrogens is 2. The summed E-state index contributed by atoms with van der Waals surface area (Å²) in [4.78, 5) is 7.46. The van der Waals surface area contributed by atoms with Crippen molar-refractivity contribution in [3.8, 4) is 11.4 Å². The summed E-state index contributed by atoms with van der Waals surface area (Å²) < 4.78 is 0.637. The van der Waals surface area contributed by atoms with Crippen LogP contribution in [0, 0.1) is 18.5 Å². The Labute approximate surface area is 86.4 Å². The molecule has 4 nitrogen and oxygen atoms in total. The molecule has 0 aliphatic rings. The molecule has 0 radical (unpaired) electrons. The predicted octanol–water partition coefficient (Wildman–Crippen LogP) is 2.15. The Morgan fingerprint density at radius 2 is 2.14 bits per heavy atom. The van der Waals surface area contributed by atoms with Gasteiger partial charge in [-0.3, -0.25) is 5.10 Å². The Hall–Kier alpha value is -1.49. The molecule has 2 rings (SSSR count). The monoisotopic (exact) mass is 206 g/mol. The fraction of sp³-hybridized carbons (Fsp3) is 0.222. The lowest BCUT2D eigenvalue weighted by molar-refractivity contribution is 1.06. The van der Waals surface area contributed by atoms with E-state index in [9.17, 15) is 0 Å². The minimum Gasteiger partial charge on any atom is -0.343 e. The summed E-state index contributed by atoms with van der Waals surface area (Å²) in [5, 5.41) is 6.60. The fourth-order valence-electron chi connectivity index (χ4n) is 1.16. The minimum atomic E-state index is 0.637. The minimum absolute atomic E-state index is 0.637. The third-order valence-corrected chi connectivity index (χ3v) is 2.57. The van der Waals surface area contributed by atoms with Crippen LogP contribution >= 0.6 is 12.2 Å². The maximum absolute atomic E-state index is 5.14. The van der Waals surface area contributed by atoms with Crippen molar-refractivity contribution in [1.29, 1.82) is 0 Å². The lowest BCUT2D eigenvalue weighted by Gasteiger charge is -2.03. The van der Waals surface area contributed by atoms with Crippen LogP contribution < -0.4 is 0 Å². The van der Waals surface area contributed by atoms with Gasteiger partial charge in [0.2, 0.25) is 0 Å². The van der Waals surface area contributed by atoms with Crippen molar-refractivity contribution in [2.24, 2.45) is 0 Å². The van der Waals surface area contributed by atoms with Crippen LogP contribution in [0.1, 0.15) is 11.3 Å². The zero-order valence-electron chi connectivity index (χ0n) is 7.96. The zero-order chi connectivity index (χ0) is 10.1. The largest absolute Gasteiger partial charge is 0.343 e. The van der Waals surface area contributed by atoms with Crippen LogP contribution in [0.25, 0.3) is 11.4 Å². The molecule has 0 fully saturated rings. The maximum atomic E-state index is 5.14. The van der Waals surface area contributed by atoms with Gasteiger partial charge >= 0.3 is 0 Å². The Kier molecular flexibility index (Phi) is 2.17. The van der Waals surface area contributed by atoms with Gasteiger partial charge in [0, 0.05) is 17.5 Å². The van der Waals surface area contributed by atoms with Crippen LogP contribution in [-0.4, -0.2) is 20.2 Å². The second-order valence-corrected chi connectivity index (χ2v) is 3.51. The Bertz CT molecular complexity index is 498. The Morgan fingerprint density at radius 3 is 2.71 bits per heavy atom. The van der Waals surface area contributed by atoms with Crippen LogP contribution in [0.2, 0.25) is 0 Å². The molecule has 2 N–H and O–H groups in total. The standard InChI is InChI=1S/C9H10N4S/c1-5-6(2)12-8(13-9(5)14)7-3-10-11-4-7/h3-4H,1-2H3,(H,10,11)(H,12,13,14). The summed E-state index contributed by atoms with van der Waals surface area (Å²) in [5.41, 5.74) is 2.98. The van der Waals surface area contributed by atoms with E-state index in [0.717, 1.165) is 22.6 Å². The number of nitrogens with one attached hydrogen (secondary N) is 2. The van der Waals surface area contributed by atoms with E-state index in [1.165, 1.54) is 0 Å². The van der Waals surface area contributed by atoms with Crippen molar-refractivity contribution in [3.05, 3.63) is 28.3 Å². The van der Waals surface area contributed by atoms with Gasteiger partial charge in [0.25, 0.3) is 0 Å². The van der Waals surface area contributed by atoms with Gasteiger partial charge in [0.05, 0.1) is 11.8 Å². The van der Waals surface area contributed by atoms with Gasteiger partial charge in [-0.15, -0.1) is 0 Å². The van der Waals surface area contributed by atoms with Crippen molar-refractivity contribution >= 4 is 12.2 Å². The highest BCUT2D eigenvalue weighted by molar-refractivity contribution is 7.71. The lowest BCUT2D eigenvalue weighted by atomic mass is 10.2. The van der Waals surface area contributed by atoms with Gasteiger partial charge in [0.15, 0.2) is 0 Å². The van der Waals surface area contributed by atoms with Crippen molar-refractivity contribution in [2.75, 3.05) is 0 Å². The van der Waals surface area contributed by atoms with Crippen LogP contribution in [0.3, 0.4) is 0 Å². The van der Waals surface area contributed by atoms with E-state index < -0.39 is 0 Å². The molecule has 0 amide bonds. The van der Waals surface area contributed by atoms with Gasteiger partial charge < -0.3 is 4.98 Å². The lowest BCUT2D eigenvalue weighted by Crippen LogP contribution is -1.95. The molecule has 0 aliphatic heterocycles. The van der Waals surface area contributed by atoms with E-state index in [4.69, 9.17) is 12.2 Å². The maximum Gasteiger partial charge on any atom is 0.142 e. The molecule has 0 unspecified atom stereocenters. The number of aromatic amines is 2. The van der Waals surface area contributed by atoms with Crippen LogP contribution in [0.4, 0.5) is 0 Å². The summed E-state index contributed by atoms with van der Waals surface area (Å²) in [6, 6.07) is 0. The fourth-order valence-corrected chi connectivity index (χ4v) is 1.41. The van der Waals surface area contributed by atoms with Crippen molar-refractivity contribution in [3.63, 3.8) is 0 Å². The topological polar surface area (TPSA) is 57.4 Å². The SMILES string of the molecule is Cc1[nH]c(-c2cn[nH]c2)nc(=S)c1C. The number of rotatable bonds is 1. The number of hydrogen-bond acceptors (Lipinski definition) is 3. The second-order valence-electron chi connectivity index (χ2n) is 3.13. The third kappa shape index (κ3) is 1.46. The normalized spacial score (nSPS) is 10.4. The van der Waals surface area contributed by atoms with Crippen LogP contribution in [0.15, 0.2) is 12.4 Å². The highest BCUT2D eigenvalue weighted by Crippen LogP contribution is 2.14. The smallest absolute Gasteiger partial charge is 0.142 e. The van der Waals surface area contributed by atoms with Crippen LogP contribution in [-0.2, 0) is 0 Å². The van der Waals surface area contributed by atoms with Crippen LogP contribution in [0.5, 0.6) is 0 Å². The average molecular weight is 206 g/mol. The Balaban J connectivity index is 2.63. The van der Waals surface area contributed by atoms with E-state index in [0.29, 0.717) is 4.64 Å². The molecular formula is C9H10N4S. The molecule has 0 atom stereocenters. The predicted molar refractivity (Wildman–Crippen MR) is 56.5 cm³/mol. The second kappa shape index (κ2) is 3.34. The van der Waals surface area contributed by atoms with E-state index in [1.54, 1.807) is 12.4 Å². The molecule has 2 heterocycles. The summed E-state index contributed by atoms with van der Waals surface area (Å²) in [6.07, 6.45) is 3.49. The van der Waals surface area contributed by atoms with Crippen molar-refractivity contribution in [1.82, 2.24) is 20.2 Å². The van der Waals surface area contributed by atoms with Gasteiger partial charge in [-0.1, -0.05) is 12.2 Å². The number of aromatic nitrogens is 4. The summed E-state index contributed by atoms with van der Waals surface area (Å²) in [7, 11) is 0. The molecular weight excluding hydrogens is 196 g/mol. The molecule has 72 valence electrons. The molecule has 0 aromatic carbocycles. The molecule has 0 saturated carbocycles. The van der Waals surface area contributed by atoms with Crippen molar-refractivity contribution < 1.29 is 0 Å². The van der Waals surface area contributed by atoms with E-state index in [1.807, 2.05) is 13.8 Å². The van der Waals surface area contributed by atoms with Gasteiger partial charge in [0.1, 0.15) is 10.5 Å². The number of hydrogen-bond donors (Lipinski definition) is 2. The molecule has 0 spiro atoms. The molecule has 14 heavy (non-hydrogen) atoms. The first-order valence-electron chi connectivity index (χ1n) is 4.25. The van der Waals surface area contributed by atoms with E-state index in [2.05, 4.69) is 20.2 Å². The zero-order valence-corrected chi connectivity index (χ0v) is 8.77. The highest BCUT2D eigenvalue weighted by Gasteiger charge is 2.03. The number of nitrogens with zero attached hydrogens (tertiary/aromatic N) is 2. The first kappa shape index (κ1) is 9.08. The molecule has 5 heteroatoms. The van der Waals surface area contributed by atoms with Gasteiger partial charge in [-0.2, -0.15) is 5.10 Å². The van der Waals surface area contributed by atoms with Crippen molar-refractivity contribution in [2.45, 2.75) is 13.8 Å². The highest BCUT2D eigenvalue weighted by atomic mass is 32.1. The molecule has 0 saturated heterocycles. The molecule has 2 aromatic rings. The third-order valence-electron chi connectivity index (χ3n) is 2.17.